The van der Waals surface area contributed by atoms with Gasteiger partial charge >= 0.3 is 6.09 Å². The fourth-order valence-electron chi connectivity index (χ4n) is 3.76. The number of fused-ring (bicyclic) bond motifs is 2. The minimum absolute atomic E-state index is 0.0196. The van der Waals surface area contributed by atoms with E-state index in [1.54, 1.807) is 19.1 Å². The molecule has 3 rings (SSSR count). The van der Waals surface area contributed by atoms with E-state index in [0.717, 1.165) is 32.1 Å². The quantitative estimate of drug-likeness (QED) is 0.837. The highest BCUT2D eigenvalue weighted by Crippen LogP contribution is 2.38. The van der Waals surface area contributed by atoms with Crippen molar-refractivity contribution in [2.24, 2.45) is 5.92 Å². The number of carbonyl (C=O) groups excluding carboxylic acids is 2. The molecule has 2 heterocycles. The summed E-state index contributed by atoms with van der Waals surface area (Å²) >= 11 is 0. The van der Waals surface area contributed by atoms with Gasteiger partial charge in [-0.1, -0.05) is 24.6 Å². The first-order valence-electron chi connectivity index (χ1n) is 7.72. The van der Waals surface area contributed by atoms with Gasteiger partial charge < -0.3 is 9.64 Å². The fraction of sp³-hybridized carbons (Fsp3) is 0.529. The lowest BCUT2D eigenvalue weighted by Crippen LogP contribution is -2.45. The maximum absolute atomic E-state index is 12.5. The molecule has 4 heteroatoms. The number of benzene rings is 1. The van der Waals surface area contributed by atoms with E-state index in [-0.39, 0.29) is 29.9 Å². The molecule has 1 amide bonds. The minimum Gasteiger partial charge on any atom is -0.410 e. The van der Waals surface area contributed by atoms with E-state index in [4.69, 9.17) is 4.74 Å². The van der Waals surface area contributed by atoms with Crippen molar-refractivity contribution >= 4 is 11.9 Å². The molecule has 0 spiro atoms. The molecule has 0 N–H and O–H groups in total. The summed E-state index contributed by atoms with van der Waals surface area (Å²) in [6, 6.07) is 9.39. The Bertz CT molecular complexity index is 528. The van der Waals surface area contributed by atoms with E-state index in [1.165, 1.54) is 0 Å². The maximum atomic E-state index is 12.5. The normalized spacial score (nSPS) is 28.0. The van der Waals surface area contributed by atoms with Crippen LogP contribution < -0.4 is 4.74 Å². The number of hydrogen-bond acceptors (Lipinski definition) is 3. The van der Waals surface area contributed by atoms with Crippen LogP contribution in [0, 0.1) is 5.92 Å². The van der Waals surface area contributed by atoms with Gasteiger partial charge in [-0.3, -0.25) is 4.79 Å². The van der Waals surface area contributed by atoms with Crippen molar-refractivity contribution in [2.75, 3.05) is 0 Å². The second-order valence-electron chi connectivity index (χ2n) is 6.03. The smallest absolute Gasteiger partial charge is 0.410 e. The van der Waals surface area contributed by atoms with Crippen LogP contribution in [0.25, 0.3) is 0 Å². The predicted octanol–water partition coefficient (Wildman–Crippen LogP) is 3.41. The van der Waals surface area contributed by atoms with E-state index in [0.29, 0.717) is 5.75 Å². The molecule has 2 saturated heterocycles. The van der Waals surface area contributed by atoms with Crippen molar-refractivity contribution in [1.82, 2.24) is 4.90 Å². The molecule has 2 bridgehead atoms. The Labute approximate surface area is 125 Å². The molecule has 2 aliphatic heterocycles. The Balaban J connectivity index is 1.79. The molecular weight excluding hydrogens is 266 g/mol. The van der Waals surface area contributed by atoms with Crippen molar-refractivity contribution in [2.45, 2.75) is 51.1 Å². The molecular formula is C17H21NO3. The zero-order valence-electron chi connectivity index (χ0n) is 12.3. The van der Waals surface area contributed by atoms with Crippen LogP contribution in [0.1, 0.15) is 39.0 Å². The van der Waals surface area contributed by atoms with Crippen LogP contribution in [-0.4, -0.2) is 28.9 Å². The van der Waals surface area contributed by atoms with Gasteiger partial charge in [0.25, 0.3) is 0 Å². The fourth-order valence-corrected chi connectivity index (χ4v) is 3.76. The van der Waals surface area contributed by atoms with Crippen LogP contribution in [0.2, 0.25) is 0 Å². The third-order valence-electron chi connectivity index (χ3n) is 4.74. The average molecular weight is 287 g/mol. The monoisotopic (exact) mass is 287 g/mol. The number of nitrogens with zero attached hydrogens (tertiary/aromatic N) is 1. The predicted molar refractivity (Wildman–Crippen MR) is 79.1 cm³/mol. The number of para-hydroxylation sites is 1. The Kier molecular flexibility index (Phi) is 3.95. The first-order chi connectivity index (χ1) is 10.2. The topological polar surface area (TPSA) is 46.6 Å². The Morgan fingerprint density at radius 2 is 1.86 bits per heavy atom. The SMILES string of the molecule is CC(=O)C1CCCC2CCC1N2C(=O)Oc1ccccc1. The van der Waals surface area contributed by atoms with Gasteiger partial charge in [0.1, 0.15) is 11.5 Å². The van der Waals surface area contributed by atoms with E-state index in [1.807, 2.05) is 23.1 Å². The molecule has 0 aromatic heterocycles. The van der Waals surface area contributed by atoms with Crippen LogP contribution in [0.5, 0.6) is 5.75 Å². The number of ether oxygens (including phenoxy) is 1. The Hall–Kier alpha value is -1.84. The van der Waals surface area contributed by atoms with Gasteiger partial charge in [-0.25, -0.2) is 4.79 Å². The third kappa shape index (κ3) is 2.80. The second-order valence-corrected chi connectivity index (χ2v) is 6.03. The summed E-state index contributed by atoms with van der Waals surface area (Å²) in [5, 5.41) is 0. The number of rotatable bonds is 2. The van der Waals surface area contributed by atoms with Gasteiger partial charge in [0.15, 0.2) is 0 Å². The molecule has 1 aromatic carbocycles. The molecule has 0 radical (unpaired) electrons. The standard InChI is InChI=1S/C17H21NO3/c1-12(19)15-9-5-6-13-10-11-16(15)18(13)17(20)21-14-7-3-2-4-8-14/h2-4,7-8,13,15-16H,5-6,9-11H2,1H3. The minimum atomic E-state index is -0.304. The number of amides is 1. The zero-order valence-corrected chi connectivity index (χ0v) is 12.3. The van der Waals surface area contributed by atoms with Gasteiger partial charge in [0.2, 0.25) is 0 Å². The number of hydrogen-bond donors (Lipinski definition) is 0. The lowest BCUT2D eigenvalue weighted by molar-refractivity contribution is -0.122. The van der Waals surface area contributed by atoms with E-state index in [9.17, 15) is 9.59 Å². The number of Topliss-reactive ketones (excluding diaryl/α,β-unsaturated/α-hetero) is 1. The Morgan fingerprint density at radius 1 is 1.10 bits per heavy atom. The highest BCUT2D eigenvalue weighted by Gasteiger charge is 2.45. The maximum Gasteiger partial charge on any atom is 0.415 e. The molecule has 3 unspecified atom stereocenters. The van der Waals surface area contributed by atoms with E-state index >= 15 is 0 Å². The number of carbonyl (C=O) groups is 2. The molecule has 0 saturated carbocycles. The van der Waals surface area contributed by atoms with Crippen molar-refractivity contribution in [3.8, 4) is 5.75 Å². The third-order valence-corrected chi connectivity index (χ3v) is 4.74. The largest absolute Gasteiger partial charge is 0.415 e. The summed E-state index contributed by atoms with van der Waals surface area (Å²) in [5.41, 5.74) is 0. The lowest BCUT2D eigenvalue weighted by Gasteiger charge is -2.30. The van der Waals surface area contributed by atoms with Crippen LogP contribution in [0.3, 0.4) is 0 Å². The zero-order chi connectivity index (χ0) is 14.8. The van der Waals surface area contributed by atoms with E-state index in [2.05, 4.69) is 0 Å². The molecule has 3 atom stereocenters. The first kappa shape index (κ1) is 14.1. The van der Waals surface area contributed by atoms with Gasteiger partial charge in [-0.05, 0) is 44.7 Å². The van der Waals surface area contributed by atoms with Gasteiger partial charge in [0, 0.05) is 18.0 Å². The first-order valence-corrected chi connectivity index (χ1v) is 7.72. The van der Waals surface area contributed by atoms with Gasteiger partial charge in [-0.15, -0.1) is 0 Å². The second kappa shape index (κ2) is 5.88. The van der Waals surface area contributed by atoms with Crippen LogP contribution in [0.15, 0.2) is 30.3 Å². The van der Waals surface area contributed by atoms with Gasteiger partial charge in [0.05, 0.1) is 0 Å². The average Bonchev–Trinajstić information content (AvgIpc) is 2.75. The highest BCUT2D eigenvalue weighted by atomic mass is 16.6. The molecule has 0 aliphatic carbocycles. The summed E-state index contributed by atoms with van der Waals surface area (Å²) in [4.78, 5) is 26.3. The summed E-state index contributed by atoms with van der Waals surface area (Å²) in [7, 11) is 0. The number of ketones is 1. The van der Waals surface area contributed by atoms with Crippen molar-refractivity contribution in [3.05, 3.63) is 30.3 Å². The summed E-state index contributed by atoms with van der Waals surface area (Å²) < 4.78 is 5.49. The molecule has 21 heavy (non-hydrogen) atoms. The Morgan fingerprint density at radius 3 is 2.57 bits per heavy atom. The van der Waals surface area contributed by atoms with Crippen molar-refractivity contribution in [1.29, 1.82) is 0 Å². The molecule has 2 aliphatic rings. The van der Waals surface area contributed by atoms with Gasteiger partial charge in [-0.2, -0.15) is 0 Å². The van der Waals surface area contributed by atoms with Crippen LogP contribution >= 0.6 is 0 Å². The molecule has 2 fully saturated rings. The summed E-state index contributed by atoms with van der Waals surface area (Å²) in [5.74, 6) is 0.728. The summed E-state index contributed by atoms with van der Waals surface area (Å²) in [6.07, 6.45) is 4.48. The van der Waals surface area contributed by atoms with Crippen LogP contribution in [-0.2, 0) is 4.79 Å². The molecule has 1 aromatic rings. The van der Waals surface area contributed by atoms with E-state index < -0.39 is 0 Å². The highest BCUT2D eigenvalue weighted by molar-refractivity contribution is 5.80. The van der Waals surface area contributed by atoms with Crippen molar-refractivity contribution < 1.29 is 14.3 Å². The van der Waals surface area contributed by atoms with Crippen LogP contribution in [0.4, 0.5) is 4.79 Å². The molecule has 112 valence electrons. The lowest BCUT2D eigenvalue weighted by atomic mass is 9.88. The van der Waals surface area contributed by atoms with Crippen molar-refractivity contribution in [3.63, 3.8) is 0 Å². The molecule has 4 nitrogen and oxygen atoms in total. The summed E-state index contributed by atoms with van der Waals surface area (Å²) in [6.45, 7) is 1.64.